The van der Waals surface area contributed by atoms with Crippen LogP contribution in [0.2, 0.25) is 0 Å². The Bertz CT molecular complexity index is 1030. The fourth-order valence-electron chi connectivity index (χ4n) is 5.01. The third kappa shape index (κ3) is 1.75. The van der Waals surface area contributed by atoms with Crippen molar-refractivity contribution in [3.8, 4) is 0 Å². The van der Waals surface area contributed by atoms with Crippen molar-refractivity contribution in [2.75, 3.05) is 11.1 Å². The summed E-state index contributed by atoms with van der Waals surface area (Å²) in [6.45, 7) is 3.98. The van der Waals surface area contributed by atoms with E-state index in [2.05, 4.69) is 15.6 Å². The molecule has 0 bridgehead atoms. The lowest BCUT2D eigenvalue weighted by molar-refractivity contribution is 0.0920. The van der Waals surface area contributed by atoms with E-state index in [1.54, 1.807) is 16.8 Å². The highest BCUT2D eigenvalue weighted by Gasteiger charge is 2.48. The monoisotopic (exact) mass is 351 g/mol. The number of nitrogens with zero attached hydrogens (tertiary/aromatic N) is 2. The predicted octanol–water partition coefficient (Wildman–Crippen LogP) is 2.31. The summed E-state index contributed by atoms with van der Waals surface area (Å²) >= 11 is 0. The van der Waals surface area contributed by atoms with Gasteiger partial charge in [0.1, 0.15) is 22.9 Å². The van der Waals surface area contributed by atoms with Gasteiger partial charge in [0.15, 0.2) is 0 Å². The van der Waals surface area contributed by atoms with Gasteiger partial charge in [0.2, 0.25) is 0 Å². The minimum absolute atomic E-state index is 0.0409. The summed E-state index contributed by atoms with van der Waals surface area (Å²) in [6.07, 6.45) is 5.36. The van der Waals surface area contributed by atoms with Gasteiger partial charge in [-0.1, -0.05) is 6.92 Å². The average Bonchev–Trinajstić information content (AvgIpc) is 3.17. The van der Waals surface area contributed by atoms with Crippen LogP contribution in [0, 0.1) is 6.92 Å². The molecule has 134 valence electrons. The van der Waals surface area contributed by atoms with Gasteiger partial charge in [-0.2, -0.15) is 0 Å². The van der Waals surface area contributed by atoms with Crippen LogP contribution in [0.5, 0.6) is 0 Å². The van der Waals surface area contributed by atoms with Crippen molar-refractivity contribution in [1.82, 2.24) is 14.9 Å². The molecular weight excluding hydrogens is 330 g/mol. The van der Waals surface area contributed by atoms with E-state index in [9.17, 15) is 9.59 Å². The van der Waals surface area contributed by atoms with Crippen LogP contribution >= 0.6 is 0 Å². The summed E-state index contributed by atoms with van der Waals surface area (Å²) in [6, 6.07) is 1.76. The summed E-state index contributed by atoms with van der Waals surface area (Å²) in [5, 5.41) is 6.39. The summed E-state index contributed by atoms with van der Waals surface area (Å²) < 4.78 is 1.71. The van der Waals surface area contributed by atoms with E-state index in [0.29, 0.717) is 17.2 Å². The number of amides is 1. The molecule has 1 atom stereocenters. The lowest BCUT2D eigenvalue weighted by atomic mass is 9.85. The number of pyridine rings is 2. The first-order valence-corrected chi connectivity index (χ1v) is 9.08. The van der Waals surface area contributed by atoms with Crippen LogP contribution in [-0.2, 0) is 5.66 Å². The molecule has 2 aromatic heterocycles. The zero-order chi connectivity index (χ0) is 18.2. The standard InChI is InChI=1S/C19H21N5O2/c1-9-11-8-21-13(20)7-12(11)22-15-14(9)10(2)16-17(25)23-19(5-3-4-6-19)24(16)18(15)26/h7-9,22H,3-6H2,1-2H3,(H2,20,21)(H,23,25)/t9-/m0/s1. The van der Waals surface area contributed by atoms with Crippen molar-refractivity contribution in [1.29, 1.82) is 0 Å². The number of anilines is 3. The number of carbonyl (C=O) groups excluding carboxylic acids is 1. The molecule has 26 heavy (non-hydrogen) atoms. The average molecular weight is 351 g/mol. The quantitative estimate of drug-likeness (QED) is 0.676. The Morgan fingerprint density at radius 1 is 1.31 bits per heavy atom. The molecule has 4 heterocycles. The second-order valence-electron chi connectivity index (χ2n) is 7.64. The van der Waals surface area contributed by atoms with Crippen molar-refractivity contribution >= 4 is 23.1 Å². The SMILES string of the molecule is Cc1c2c(c(=O)n3c1C(=O)NC31CCCC1)Nc1cc(N)ncc1[C@@H]2C. The van der Waals surface area contributed by atoms with Crippen LogP contribution in [0.3, 0.4) is 0 Å². The van der Waals surface area contributed by atoms with Gasteiger partial charge in [-0.05, 0) is 43.7 Å². The molecule has 0 saturated heterocycles. The molecule has 1 fully saturated rings. The number of aromatic nitrogens is 2. The number of nitrogens with two attached hydrogens (primary N) is 1. The topological polar surface area (TPSA) is 102 Å². The van der Waals surface area contributed by atoms with Crippen LogP contribution in [-0.4, -0.2) is 15.5 Å². The molecule has 2 aromatic rings. The molecule has 7 heteroatoms. The molecule has 1 saturated carbocycles. The molecule has 0 radical (unpaired) electrons. The number of fused-ring (bicyclic) bond motifs is 4. The largest absolute Gasteiger partial charge is 0.384 e. The number of rotatable bonds is 0. The maximum atomic E-state index is 13.5. The van der Waals surface area contributed by atoms with E-state index >= 15 is 0 Å². The second-order valence-corrected chi connectivity index (χ2v) is 7.64. The van der Waals surface area contributed by atoms with Gasteiger partial charge in [-0.15, -0.1) is 0 Å². The fraction of sp³-hybridized carbons (Fsp3) is 0.421. The highest BCUT2D eigenvalue weighted by Crippen LogP contribution is 2.45. The number of carbonyl (C=O) groups is 1. The van der Waals surface area contributed by atoms with Crippen LogP contribution < -0.4 is 21.9 Å². The summed E-state index contributed by atoms with van der Waals surface area (Å²) in [7, 11) is 0. The maximum absolute atomic E-state index is 13.5. The Morgan fingerprint density at radius 2 is 2.04 bits per heavy atom. The van der Waals surface area contributed by atoms with Crippen molar-refractivity contribution in [3.05, 3.63) is 45.0 Å². The third-order valence-corrected chi connectivity index (χ3v) is 6.20. The minimum Gasteiger partial charge on any atom is -0.384 e. The van der Waals surface area contributed by atoms with Gasteiger partial charge in [0.05, 0.1) is 0 Å². The molecule has 1 amide bonds. The molecule has 3 aliphatic rings. The summed E-state index contributed by atoms with van der Waals surface area (Å²) in [5.41, 5.74) is 9.74. The number of nitrogens with one attached hydrogen (secondary N) is 2. The Kier molecular flexibility index (Phi) is 2.89. The first-order chi connectivity index (χ1) is 12.4. The molecular formula is C19H21N5O2. The number of hydrogen-bond donors (Lipinski definition) is 3. The maximum Gasteiger partial charge on any atom is 0.277 e. The van der Waals surface area contributed by atoms with Crippen LogP contribution in [0.15, 0.2) is 17.1 Å². The zero-order valence-electron chi connectivity index (χ0n) is 14.8. The normalized spacial score (nSPS) is 21.8. The Morgan fingerprint density at radius 3 is 2.77 bits per heavy atom. The molecule has 1 spiro atoms. The van der Waals surface area contributed by atoms with E-state index in [1.165, 1.54) is 0 Å². The summed E-state index contributed by atoms with van der Waals surface area (Å²) in [5.74, 6) is 0.229. The van der Waals surface area contributed by atoms with Gasteiger partial charge in [-0.3, -0.25) is 14.2 Å². The van der Waals surface area contributed by atoms with Gasteiger partial charge >= 0.3 is 0 Å². The van der Waals surface area contributed by atoms with E-state index in [4.69, 9.17) is 5.73 Å². The Labute approximate surface area is 150 Å². The summed E-state index contributed by atoms with van der Waals surface area (Å²) in [4.78, 5) is 30.4. The van der Waals surface area contributed by atoms with Crippen LogP contribution in [0.25, 0.3) is 0 Å². The van der Waals surface area contributed by atoms with E-state index in [0.717, 1.165) is 48.1 Å². The van der Waals surface area contributed by atoms with E-state index < -0.39 is 5.66 Å². The molecule has 0 unspecified atom stereocenters. The lowest BCUT2D eigenvalue weighted by Crippen LogP contribution is -2.45. The van der Waals surface area contributed by atoms with Gasteiger partial charge in [0, 0.05) is 29.4 Å². The first kappa shape index (κ1) is 15.4. The predicted molar refractivity (Wildman–Crippen MR) is 98.8 cm³/mol. The van der Waals surface area contributed by atoms with Crippen molar-refractivity contribution in [2.24, 2.45) is 0 Å². The van der Waals surface area contributed by atoms with Crippen molar-refractivity contribution in [3.63, 3.8) is 0 Å². The molecule has 2 aliphatic heterocycles. The van der Waals surface area contributed by atoms with Gasteiger partial charge in [-0.25, -0.2) is 4.98 Å². The third-order valence-electron chi connectivity index (χ3n) is 6.20. The van der Waals surface area contributed by atoms with Gasteiger partial charge < -0.3 is 16.4 Å². The molecule has 0 aromatic carbocycles. The molecule has 4 N–H and O–H groups in total. The smallest absolute Gasteiger partial charge is 0.277 e. The van der Waals surface area contributed by atoms with Gasteiger partial charge in [0.25, 0.3) is 11.5 Å². The van der Waals surface area contributed by atoms with E-state index in [-0.39, 0.29) is 17.4 Å². The highest BCUT2D eigenvalue weighted by molar-refractivity contribution is 5.98. The minimum atomic E-state index is -0.564. The Balaban J connectivity index is 1.81. The lowest BCUT2D eigenvalue weighted by Gasteiger charge is -2.31. The van der Waals surface area contributed by atoms with Crippen molar-refractivity contribution < 1.29 is 4.79 Å². The number of nitrogen functional groups attached to an aromatic ring is 1. The highest BCUT2D eigenvalue weighted by atomic mass is 16.2. The first-order valence-electron chi connectivity index (χ1n) is 9.08. The Hall–Kier alpha value is -2.83. The van der Waals surface area contributed by atoms with Crippen LogP contribution in [0.4, 0.5) is 17.2 Å². The molecule has 5 rings (SSSR count). The number of hydrogen-bond acceptors (Lipinski definition) is 5. The van der Waals surface area contributed by atoms with E-state index in [1.807, 2.05) is 13.8 Å². The van der Waals surface area contributed by atoms with Crippen molar-refractivity contribution in [2.45, 2.75) is 51.1 Å². The molecule has 7 nitrogen and oxygen atoms in total. The zero-order valence-corrected chi connectivity index (χ0v) is 14.8. The fourth-order valence-corrected chi connectivity index (χ4v) is 5.01. The second kappa shape index (κ2) is 4.87. The molecule has 1 aliphatic carbocycles. The van der Waals surface area contributed by atoms with Crippen LogP contribution in [0.1, 0.15) is 65.7 Å².